The number of aliphatic hydroxyl groups excluding tert-OH is 1. The molecule has 1 aromatic rings. The molecule has 0 amide bonds. The first-order chi connectivity index (χ1) is 9.71. The zero-order valence-corrected chi connectivity index (χ0v) is 13.0. The number of benzene rings is 1. The van der Waals surface area contributed by atoms with Crippen LogP contribution < -0.4 is 4.74 Å². The minimum Gasteiger partial charge on any atom is -0.497 e. The third-order valence-corrected chi connectivity index (χ3v) is 3.67. The number of rotatable bonds is 10. The molecule has 0 bridgehead atoms. The van der Waals surface area contributed by atoms with Crippen molar-refractivity contribution in [2.24, 2.45) is 5.92 Å². The third kappa shape index (κ3) is 5.93. The lowest BCUT2D eigenvalue weighted by atomic mass is 10.0. The van der Waals surface area contributed by atoms with Crippen molar-refractivity contribution < 1.29 is 14.6 Å². The van der Waals surface area contributed by atoms with Gasteiger partial charge in [-0.15, -0.1) is 0 Å². The molecule has 0 fully saturated rings. The highest BCUT2D eigenvalue weighted by atomic mass is 16.5. The van der Waals surface area contributed by atoms with Gasteiger partial charge in [0.1, 0.15) is 11.9 Å². The molecule has 0 spiro atoms. The molecule has 0 aromatic heterocycles. The van der Waals surface area contributed by atoms with Gasteiger partial charge in [-0.3, -0.25) is 0 Å². The summed E-state index contributed by atoms with van der Waals surface area (Å²) in [5, 5.41) is 10.1. The van der Waals surface area contributed by atoms with E-state index < -0.39 is 6.10 Å². The quantitative estimate of drug-likeness (QED) is 0.705. The van der Waals surface area contributed by atoms with E-state index in [2.05, 4.69) is 13.8 Å². The summed E-state index contributed by atoms with van der Waals surface area (Å²) < 4.78 is 10.8. The molecule has 0 heterocycles. The van der Waals surface area contributed by atoms with Crippen molar-refractivity contribution >= 4 is 0 Å². The van der Waals surface area contributed by atoms with Crippen LogP contribution in [0.3, 0.4) is 0 Å². The minimum atomic E-state index is -0.565. The van der Waals surface area contributed by atoms with Gasteiger partial charge in [0.25, 0.3) is 0 Å². The molecule has 1 aromatic carbocycles. The Labute approximate surface area is 122 Å². The van der Waals surface area contributed by atoms with E-state index in [9.17, 15) is 5.11 Å². The van der Waals surface area contributed by atoms with Crippen LogP contribution in [-0.4, -0.2) is 25.4 Å². The molecule has 2 atom stereocenters. The van der Waals surface area contributed by atoms with Gasteiger partial charge in [-0.25, -0.2) is 0 Å². The van der Waals surface area contributed by atoms with E-state index in [1.54, 1.807) is 7.11 Å². The van der Waals surface area contributed by atoms with E-state index in [0.717, 1.165) is 24.3 Å². The van der Waals surface area contributed by atoms with Crippen molar-refractivity contribution in [3.63, 3.8) is 0 Å². The van der Waals surface area contributed by atoms with E-state index in [4.69, 9.17) is 9.47 Å². The van der Waals surface area contributed by atoms with Crippen LogP contribution in [0.5, 0.6) is 5.75 Å². The standard InChI is InChI=1S/C17H28O3/c1-4-6-7-14(5-2)12-20-13-17(18)15-8-10-16(19-3)11-9-15/h8-11,14,17-18H,4-7,12-13H2,1-3H3. The number of aliphatic hydroxyl groups is 1. The number of methoxy groups -OCH3 is 1. The summed E-state index contributed by atoms with van der Waals surface area (Å²) in [5.74, 6) is 1.41. The zero-order valence-electron chi connectivity index (χ0n) is 13.0. The van der Waals surface area contributed by atoms with E-state index >= 15 is 0 Å². The van der Waals surface area contributed by atoms with Crippen molar-refractivity contribution in [3.8, 4) is 5.75 Å². The molecular weight excluding hydrogens is 252 g/mol. The monoisotopic (exact) mass is 280 g/mol. The van der Waals surface area contributed by atoms with E-state index in [1.165, 1.54) is 19.3 Å². The number of unbranched alkanes of at least 4 members (excludes halogenated alkanes) is 1. The first kappa shape index (κ1) is 17.0. The number of hydrogen-bond acceptors (Lipinski definition) is 3. The fraction of sp³-hybridized carbons (Fsp3) is 0.647. The lowest BCUT2D eigenvalue weighted by molar-refractivity contribution is 0.0181. The first-order valence-corrected chi connectivity index (χ1v) is 7.61. The molecular formula is C17H28O3. The fourth-order valence-corrected chi connectivity index (χ4v) is 2.17. The molecule has 3 nitrogen and oxygen atoms in total. The second-order valence-corrected chi connectivity index (χ2v) is 5.24. The van der Waals surface area contributed by atoms with E-state index in [1.807, 2.05) is 24.3 Å². The fourth-order valence-electron chi connectivity index (χ4n) is 2.17. The molecule has 1 N–H and O–H groups in total. The number of ether oxygens (including phenoxy) is 2. The van der Waals surface area contributed by atoms with Crippen LogP contribution >= 0.6 is 0 Å². The molecule has 114 valence electrons. The van der Waals surface area contributed by atoms with Crippen molar-refractivity contribution in [3.05, 3.63) is 29.8 Å². The maximum Gasteiger partial charge on any atom is 0.118 e. The van der Waals surface area contributed by atoms with Gasteiger partial charge >= 0.3 is 0 Å². The predicted molar refractivity (Wildman–Crippen MR) is 82.1 cm³/mol. The van der Waals surface area contributed by atoms with Crippen LogP contribution in [0, 0.1) is 5.92 Å². The van der Waals surface area contributed by atoms with Crippen LogP contribution in [0.2, 0.25) is 0 Å². The highest BCUT2D eigenvalue weighted by molar-refractivity contribution is 5.28. The summed E-state index contributed by atoms with van der Waals surface area (Å²) in [5.41, 5.74) is 0.868. The van der Waals surface area contributed by atoms with Crippen LogP contribution in [0.1, 0.15) is 51.2 Å². The normalized spacial score (nSPS) is 14.0. The number of hydrogen-bond donors (Lipinski definition) is 1. The average molecular weight is 280 g/mol. The van der Waals surface area contributed by atoms with Crippen molar-refractivity contribution in [1.82, 2.24) is 0 Å². The Balaban J connectivity index is 2.32. The van der Waals surface area contributed by atoms with Gasteiger partial charge < -0.3 is 14.6 Å². The highest BCUT2D eigenvalue weighted by Crippen LogP contribution is 2.19. The van der Waals surface area contributed by atoms with Crippen molar-refractivity contribution in [2.45, 2.75) is 45.6 Å². The third-order valence-electron chi connectivity index (χ3n) is 3.67. The van der Waals surface area contributed by atoms with Gasteiger partial charge in [0, 0.05) is 6.61 Å². The summed E-state index contributed by atoms with van der Waals surface area (Å²) in [6, 6.07) is 7.46. The molecule has 3 heteroatoms. The SMILES string of the molecule is CCCCC(CC)COCC(O)c1ccc(OC)cc1. The van der Waals surface area contributed by atoms with Crippen molar-refractivity contribution in [1.29, 1.82) is 0 Å². The summed E-state index contributed by atoms with van der Waals surface area (Å²) in [4.78, 5) is 0. The van der Waals surface area contributed by atoms with Crippen LogP contribution in [0.4, 0.5) is 0 Å². The molecule has 2 unspecified atom stereocenters. The largest absolute Gasteiger partial charge is 0.497 e. The first-order valence-electron chi connectivity index (χ1n) is 7.61. The van der Waals surface area contributed by atoms with Crippen LogP contribution in [0.15, 0.2) is 24.3 Å². The second-order valence-electron chi connectivity index (χ2n) is 5.24. The molecule has 0 radical (unpaired) electrons. The Morgan fingerprint density at radius 1 is 1.10 bits per heavy atom. The smallest absolute Gasteiger partial charge is 0.118 e. The molecule has 0 aliphatic carbocycles. The average Bonchev–Trinajstić information content (AvgIpc) is 2.50. The highest BCUT2D eigenvalue weighted by Gasteiger charge is 2.10. The lowest BCUT2D eigenvalue weighted by Crippen LogP contribution is -2.13. The molecule has 0 aliphatic rings. The van der Waals surface area contributed by atoms with E-state index in [-0.39, 0.29) is 0 Å². The molecule has 0 aliphatic heterocycles. The Morgan fingerprint density at radius 3 is 2.35 bits per heavy atom. The van der Waals surface area contributed by atoms with Gasteiger partial charge in [0.15, 0.2) is 0 Å². The van der Waals surface area contributed by atoms with Gasteiger partial charge in [-0.2, -0.15) is 0 Å². The zero-order chi connectivity index (χ0) is 14.8. The Morgan fingerprint density at radius 2 is 1.80 bits per heavy atom. The van der Waals surface area contributed by atoms with Gasteiger partial charge in [0.05, 0.1) is 13.7 Å². The summed E-state index contributed by atoms with van der Waals surface area (Å²) in [7, 11) is 1.63. The summed E-state index contributed by atoms with van der Waals surface area (Å²) in [6.45, 7) is 5.50. The summed E-state index contributed by atoms with van der Waals surface area (Å²) >= 11 is 0. The van der Waals surface area contributed by atoms with Crippen molar-refractivity contribution in [2.75, 3.05) is 20.3 Å². The topological polar surface area (TPSA) is 38.7 Å². The Bertz CT molecular complexity index is 348. The predicted octanol–water partition coefficient (Wildman–Crippen LogP) is 3.96. The Kier molecular flexibility index (Phi) is 8.31. The van der Waals surface area contributed by atoms with Gasteiger partial charge in [-0.05, 0) is 30.0 Å². The molecule has 0 saturated heterocycles. The van der Waals surface area contributed by atoms with Gasteiger partial charge in [0.2, 0.25) is 0 Å². The van der Waals surface area contributed by atoms with Crippen LogP contribution in [-0.2, 0) is 4.74 Å². The Hall–Kier alpha value is -1.06. The maximum absolute atomic E-state index is 10.1. The van der Waals surface area contributed by atoms with Crippen LogP contribution in [0.25, 0.3) is 0 Å². The molecule has 20 heavy (non-hydrogen) atoms. The summed E-state index contributed by atoms with van der Waals surface area (Å²) in [6.07, 6.45) is 4.27. The lowest BCUT2D eigenvalue weighted by Gasteiger charge is -2.17. The van der Waals surface area contributed by atoms with E-state index in [0.29, 0.717) is 12.5 Å². The molecule has 1 rings (SSSR count). The van der Waals surface area contributed by atoms with Gasteiger partial charge in [-0.1, -0.05) is 45.2 Å². The maximum atomic E-state index is 10.1. The second kappa shape index (κ2) is 9.78. The molecule has 0 saturated carbocycles. The minimum absolute atomic E-state index is 0.356.